The summed E-state index contributed by atoms with van der Waals surface area (Å²) in [5.41, 5.74) is 16.4. The molecule has 2 aliphatic heterocycles. The predicted molar refractivity (Wildman–Crippen MR) is 262 cm³/mol. The second-order valence-corrected chi connectivity index (χ2v) is 24.6. The summed E-state index contributed by atoms with van der Waals surface area (Å²) in [7, 11) is 0. The van der Waals surface area contributed by atoms with Gasteiger partial charge in [0.25, 0.3) is 0 Å². The van der Waals surface area contributed by atoms with Crippen LogP contribution in [0.3, 0.4) is 0 Å². The van der Waals surface area contributed by atoms with Crippen LogP contribution in [0.15, 0.2) is 243 Å². The van der Waals surface area contributed by atoms with Gasteiger partial charge in [-0.05, 0) is 0 Å². The molecule has 2 heterocycles. The van der Waals surface area contributed by atoms with Crippen LogP contribution in [0.1, 0.15) is 44.5 Å². The van der Waals surface area contributed by atoms with Gasteiger partial charge in [0.1, 0.15) is 0 Å². The summed E-state index contributed by atoms with van der Waals surface area (Å²) >= 11 is -3.55. The Morgan fingerprint density at radius 1 is 0.183 bits per heavy atom. The van der Waals surface area contributed by atoms with Crippen molar-refractivity contribution in [3.05, 3.63) is 287 Å². The van der Waals surface area contributed by atoms with E-state index in [0.717, 1.165) is 0 Å². The van der Waals surface area contributed by atoms with Gasteiger partial charge in [-0.1, -0.05) is 0 Å². The summed E-state index contributed by atoms with van der Waals surface area (Å²) in [6, 6.07) is 87.8. The Morgan fingerprint density at radius 2 is 0.317 bits per heavy atom. The van der Waals surface area contributed by atoms with Gasteiger partial charge in [-0.25, -0.2) is 0 Å². The molecule has 0 nitrogen and oxygen atoms in total. The third-order valence-corrected chi connectivity index (χ3v) is 22.3. The van der Waals surface area contributed by atoms with Crippen molar-refractivity contribution >= 4 is 68.6 Å². The van der Waals surface area contributed by atoms with Crippen LogP contribution >= 0.6 is 0 Å². The van der Waals surface area contributed by atoms with Gasteiger partial charge in [-0.3, -0.25) is 0 Å². The summed E-state index contributed by atoms with van der Waals surface area (Å²) in [6.07, 6.45) is 0. The van der Waals surface area contributed by atoms with Crippen molar-refractivity contribution < 1.29 is 0 Å². The molecule has 2 aliphatic rings. The Labute approximate surface area is 364 Å². The Balaban J connectivity index is 0.000000154. The molecule has 0 spiro atoms. The molecule has 10 rings (SSSR count). The molecule has 0 unspecified atom stereocenters. The van der Waals surface area contributed by atoms with E-state index in [4.69, 9.17) is 0 Å². The SMILES string of the molecule is [CH3][Ge]1[C](c2ccccc2)=C(c2ccccc2)C(c2ccccc2)=[C]1c1ccccc1.[CH3][Ge]1[C](c2ccccc2)=C(c2ccccc2)C(c2ccccc2)=[C]1c1ccccc1. The summed E-state index contributed by atoms with van der Waals surface area (Å²) < 4.78 is 6.28. The van der Waals surface area contributed by atoms with Gasteiger partial charge >= 0.3 is 367 Å². The Bertz CT molecular complexity index is 2410. The summed E-state index contributed by atoms with van der Waals surface area (Å²) in [5, 5.41) is 0. The molecule has 0 saturated carbocycles. The monoisotopic (exact) mass is 890 g/mol. The Morgan fingerprint density at radius 3 is 0.467 bits per heavy atom. The van der Waals surface area contributed by atoms with Gasteiger partial charge in [-0.2, -0.15) is 0 Å². The van der Waals surface area contributed by atoms with E-state index in [0.29, 0.717) is 0 Å². The minimum atomic E-state index is -1.77. The molecule has 60 heavy (non-hydrogen) atoms. The minimum absolute atomic E-state index is 1.31. The molecule has 286 valence electrons. The molecule has 0 fully saturated rings. The van der Waals surface area contributed by atoms with E-state index in [1.165, 1.54) is 66.8 Å². The second kappa shape index (κ2) is 18.4. The van der Waals surface area contributed by atoms with Crippen LogP contribution < -0.4 is 0 Å². The topological polar surface area (TPSA) is 0 Å². The van der Waals surface area contributed by atoms with Gasteiger partial charge in [0.15, 0.2) is 0 Å². The normalized spacial score (nSPS) is 14.4. The van der Waals surface area contributed by atoms with Gasteiger partial charge in [-0.15, -0.1) is 0 Å². The second-order valence-electron chi connectivity index (χ2n) is 15.2. The number of hydrogen-bond donors (Lipinski definition) is 0. The molecular formula is C58H46Ge2. The van der Waals surface area contributed by atoms with Crippen LogP contribution in [-0.2, 0) is 0 Å². The average Bonchev–Trinajstić information content (AvgIpc) is 3.82. The first-order chi connectivity index (χ1) is 29.7. The molecule has 8 aromatic rings. The van der Waals surface area contributed by atoms with Crippen LogP contribution in [0, 0.1) is 0 Å². The maximum atomic E-state index is 2.52. The number of hydrogen-bond acceptors (Lipinski definition) is 0. The van der Waals surface area contributed by atoms with E-state index in [9.17, 15) is 0 Å². The van der Waals surface area contributed by atoms with Crippen molar-refractivity contribution in [3.8, 4) is 0 Å². The first kappa shape index (κ1) is 39.3. The molecule has 0 aliphatic carbocycles. The summed E-state index contributed by atoms with van der Waals surface area (Å²) in [5.74, 6) is 5.03. The zero-order valence-electron chi connectivity index (χ0n) is 34.1. The standard InChI is InChI=1S/2C29H23Ge/c2*1-30-28(24-18-10-4-11-19-24)26(22-14-6-2-7-15-22)27(23-16-8-3-9-17-23)29(30)25-20-12-5-13-21-25/h2*2-21H,1H3. The summed E-state index contributed by atoms with van der Waals surface area (Å²) in [4.78, 5) is 0. The van der Waals surface area contributed by atoms with E-state index in [2.05, 4.69) is 254 Å². The van der Waals surface area contributed by atoms with Crippen molar-refractivity contribution in [2.45, 2.75) is 11.5 Å². The van der Waals surface area contributed by atoms with Crippen LogP contribution in [-0.4, -0.2) is 28.7 Å². The molecule has 0 atom stereocenters. The molecule has 2 heteroatoms. The molecular weight excluding hydrogens is 842 g/mol. The molecule has 0 amide bonds. The fourth-order valence-electron chi connectivity index (χ4n) is 8.94. The van der Waals surface area contributed by atoms with Crippen LogP contribution in [0.2, 0.25) is 11.5 Å². The first-order valence-electron chi connectivity index (χ1n) is 20.8. The molecule has 0 aromatic heterocycles. The van der Waals surface area contributed by atoms with Gasteiger partial charge < -0.3 is 0 Å². The van der Waals surface area contributed by atoms with Gasteiger partial charge in [0, 0.05) is 0 Å². The fraction of sp³-hybridized carbons (Fsp3) is 0.0345. The zero-order valence-corrected chi connectivity index (χ0v) is 38.3. The van der Waals surface area contributed by atoms with E-state index >= 15 is 0 Å². The van der Waals surface area contributed by atoms with E-state index in [1.54, 1.807) is 17.6 Å². The number of rotatable bonds is 8. The number of allylic oxidation sites excluding steroid dienone is 4. The fourth-order valence-corrected chi connectivity index (χ4v) is 20.4. The van der Waals surface area contributed by atoms with Crippen LogP contribution in [0.25, 0.3) is 39.9 Å². The van der Waals surface area contributed by atoms with E-state index < -0.39 is 28.7 Å². The Kier molecular flexibility index (Phi) is 12.0. The molecule has 0 saturated heterocycles. The maximum absolute atomic E-state index is 2.52. The quantitative estimate of drug-likeness (QED) is 0.133. The number of benzene rings is 8. The third kappa shape index (κ3) is 7.94. The molecule has 8 aromatic carbocycles. The Hall–Kier alpha value is -6.19. The van der Waals surface area contributed by atoms with Gasteiger partial charge in [0.2, 0.25) is 0 Å². The average molecular weight is 888 g/mol. The van der Waals surface area contributed by atoms with Crippen LogP contribution in [0.5, 0.6) is 0 Å². The molecule has 0 N–H and O–H groups in total. The molecule has 2 radical (unpaired) electrons. The van der Waals surface area contributed by atoms with Crippen molar-refractivity contribution in [1.82, 2.24) is 0 Å². The van der Waals surface area contributed by atoms with Crippen molar-refractivity contribution in [2.24, 2.45) is 0 Å². The zero-order chi connectivity index (χ0) is 40.7. The van der Waals surface area contributed by atoms with Crippen molar-refractivity contribution in [3.63, 3.8) is 0 Å². The van der Waals surface area contributed by atoms with Crippen molar-refractivity contribution in [2.75, 3.05) is 0 Å². The third-order valence-electron chi connectivity index (χ3n) is 11.5. The van der Waals surface area contributed by atoms with Crippen LogP contribution in [0.4, 0.5) is 0 Å². The van der Waals surface area contributed by atoms with E-state index in [1.807, 2.05) is 0 Å². The van der Waals surface area contributed by atoms with Crippen molar-refractivity contribution in [1.29, 1.82) is 0 Å². The molecule has 0 bridgehead atoms. The van der Waals surface area contributed by atoms with E-state index in [-0.39, 0.29) is 0 Å². The summed E-state index contributed by atoms with van der Waals surface area (Å²) in [6.45, 7) is 0. The predicted octanol–water partition coefficient (Wildman–Crippen LogP) is 14.8. The van der Waals surface area contributed by atoms with Gasteiger partial charge in [0.05, 0.1) is 0 Å². The first-order valence-corrected chi connectivity index (χ1v) is 29.2.